The molecule has 11 rings (SSSR count). The number of carbonyl (C=O) groups excluding carboxylic acids is 4. The standard InChI is InChI=1S/C56H56BF2N11O5S/c1-64-47-10-6-5-9-45(47)55(74)65(2)49-36-61-56(63-53(49)64)62-40-17-13-39(14-18-40)54(73)68-28-25-41(26-29-68)66-30-32-67(33-31-66)52(72)12-4-3-7-27-60-51(71)37-75-44-21-15-38(16-22-44)46-23-19-42-35-43-20-24-48(50-11-8-34-76-50)70(43)57(58,59)69(42)46/h5-6,8-11,13-25,34-36,41H,3-4,7,12,26-33,37H2,1-2H3,(H-,60,61,62,63,71,73)/p+1. The quantitative estimate of drug-likeness (QED) is 0.0587. The number of likely N-dealkylation sites (tertiary alicyclic amines) is 1. The molecule has 1 atom stereocenters. The maximum atomic E-state index is 16.3. The molecular formula is C56H57BF2N11O5S+. The van der Waals surface area contributed by atoms with Crippen LogP contribution in [0.2, 0.25) is 0 Å². The van der Waals surface area contributed by atoms with Crippen molar-refractivity contribution in [2.45, 2.75) is 38.1 Å². The van der Waals surface area contributed by atoms with E-state index in [1.807, 2.05) is 69.6 Å². The van der Waals surface area contributed by atoms with Crippen molar-refractivity contribution < 1.29 is 37.0 Å². The first-order valence-electron chi connectivity index (χ1n) is 25.7. The van der Waals surface area contributed by atoms with Gasteiger partial charge in [0.2, 0.25) is 11.9 Å². The van der Waals surface area contributed by atoms with Crippen LogP contribution in [-0.2, 0) is 9.59 Å². The first kappa shape index (κ1) is 50.1. The van der Waals surface area contributed by atoms with E-state index in [0.29, 0.717) is 102 Å². The highest BCUT2D eigenvalue weighted by Crippen LogP contribution is 2.40. The second-order valence-electron chi connectivity index (χ2n) is 19.5. The van der Waals surface area contributed by atoms with Gasteiger partial charge in [0.05, 0.1) is 17.4 Å². The number of carbonyl (C=O) groups is 4. The summed E-state index contributed by atoms with van der Waals surface area (Å²) in [6.45, 7) is 0.177. The molecule has 3 aromatic heterocycles. The van der Waals surface area contributed by atoms with Gasteiger partial charge in [-0.15, -0.1) is 11.3 Å². The van der Waals surface area contributed by atoms with E-state index in [1.54, 1.807) is 91.0 Å². The Hall–Kier alpha value is -8.10. The Balaban J connectivity index is 0.562. The minimum absolute atomic E-state index is 0.0338. The molecule has 20 heteroatoms. The second kappa shape index (κ2) is 21.3. The lowest BCUT2D eigenvalue weighted by atomic mass is 9.90. The predicted octanol–water partition coefficient (Wildman–Crippen LogP) is 8.08. The molecule has 0 radical (unpaired) electrons. The van der Waals surface area contributed by atoms with Crippen molar-refractivity contribution in [3.8, 4) is 16.3 Å². The van der Waals surface area contributed by atoms with Crippen LogP contribution in [0.15, 0.2) is 126 Å². The minimum atomic E-state index is -4.17. The number of anilines is 5. The maximum Gasteiger partial charge on any atom is 0.737 e. The van der Waals surface area contributed by atoms with Gasteiger partial charge in [0.25, 0.3) is 17.7 Å². The second-order valence-corrected chi connectivity index (χ2v) is 20.5. The van der Waals surface area contributed by atoms with Gasteiger partial charge in [0, 0.05) is 118 Å². The molecule has 76 heavy (non-hydrogen) atoms. The van der Waals surface area contributed by atoms with Crippen molar-refractivity contribution in [2.75, 3.05) is 81.6 Å². The summed E-state index contributed by atoms with van der Waals surface area (Å²) in [6.07, 6.45) is 12.6. The molecule has 5 aliphatic rings. The third-order valence-corrected chi connectivity index (χ3v) is 15.7. The number of rotatable bonds is 15. The average molecular weight is 1050 g/mol. The normalized spacial score (nSPS) is 17.8. The zero-order chi connectivity index (χ0) is 52.5. The van der Waals surface area contributed by atoms with Crippen LogP contribution in [0.3, 0.4) is 0 Å². The Labute approximate surface area is 443 Å². The van der Waals surface area contributed by atoms with Gasteiger partial charge in [-0.3, -0.25) is 29.0 Å². The van der Waals surface area contributed by atoms with Crippen LogP contribution in [-0.4, -0.2) is 143 Å². The number of halogens is 2. The number of piperidine rings is 1. The number of hydrogen-bond acceptors (Lipinski definition) is 11. The molecule has 6 aromatic rings. The number of fused-ring (bicyclic) bond motifs is 4. The molecular weight excluding hydrogens is 988 g/mol. The van der Waals surface area contributed by atoms with Gasteiger partial charge in [-0.05, 0) is 97.1 Å². The molecule has 2 N–H and O–H groups in total. The van der Waals surface area contributed by atoms with E-state index in [-0.39, 0.29) is 36.3 Å². The summed E-state index contributed by atoms with van der Waals surface area (Å²) in [5, 5.41) is 8.00. The molecule has 3 aromatic carbocycles. The molecule has 0 spiro atoms. The van der Waals surface area contributed by atoms with Gasteiger partial charge in [-0.2, -0.15) is 4.98 Å². The van der Waals surface area contributed by atoms with E-state index >= 15 is 8.63 Å². The van der Waals surface area contributed by atoms with Crippen LogP contribution in [0.25, 0.3) is 16.6 Å². The number of aromatic nitrogens is 3. The smallest absolute Gasteiger partial charge is 0.484 e. The van der Waals surface area contributed by atoms with Crippen molar-refractivity contribution in [3.63, 3.8) is 0 Å². The van der Waals surface area contributed by atoms with Crippen LogP contribution in [0.1, 0.15) is 64.1 Å². The highest BCUT2D eigenvalue weighted by molar-refractivity contribution is 7.13. The SMILES string of the molecule is CN1C(=O)c2ccccc2N(C)c2nc(Nc3ccc(C(=O)N4C[CH+]C(N5CCN(C(=O)CCCCCNC(=O)COc6ccc(C7=[N+]8C(=Cc9ccc(-c%10cccs%10)n9[B-]8(F)F)C=C7)cc6)CC5)CC4)cc3)ncc21. The number of allylic oxidation sites excluding steroid dienone is 2. The fraction of sp³-hybridized carbons (Fsp3) is 0.286. The van der Waals surface area contributed by atoms with Crippen molar-refractivity contribution in [1.82, 2.24) is 34.5 Å². The van der Waals surface area contributed by atoms with E-state index in [2.05, 4.69) is 26.9 Å². The number of hydrogen-bond donors (Lipinski definition) is 2. The summed E-state index contributed by atoms with van der Waals surface area (Å²) in [4.78, 5) is 72.1. The topological polar surface area (TPSA) is 151 Å². The number of para-hydroxylation sites is 1. The monoisotopic (exact) mass is 1040 g/mol. The molecule has 0 aliphatic carbocycles. The Bertz CT molecular complexity index is 3270. The molecule has 0 saturated carbocycles. The number of nitrogens with one attached hydrogen (secondary N) is 2. The highest BCUT2D eigenvalue weighted by atomic mass is 32.1. The van der Waals surface area contributed by atoms with Gasteiger partial charge in [-0.25, -0.2) is 4.98 Å². The van der Waals surface area contributed by atoms with Crippen molar-refractivity contribution in [3.05, 3.63) is 155 Å². The zero-order valence-electron chi connectivity index (χ0n) is 42.3. The number of piperazine rings is 1. The Morgan fingerprint density at radius 2 is 1.66 bits per heavy atom. The summed E-state index contributed by atoms with van der Waals surface area (Å²) in [5.74, 6) is 1.12. The maximum absolute atomic E-state index is 16.3. The number of ether oxygens (including phenoxy) is 1. The number of thiophene rings is 1. The summed E-state index contributed by atoms with van der Waals surface area (Å²) in [7, 11) is 3.59. The first-order chi connectivity index (χ1) is 36.9. The number of unbranched alkanes of at least 4 members (excludes halogenated alkanes) is 2. The third-order valence-electron chi connectivity index (χ3n) is 14.8. The van der Waals surface area contributed by atoms with Crippen LogP contribution in [0, 0.1) is 6.42 Å². The zero-order valence-corrected chi connectivity index (χ0v) is 43.1. The molecule has 388 valence electrons. The summed E-state index contributed by atoms with van der Waals surface area (Å²) in [6, 6.07) is 28.9. The predicted molar refractivity (Wildman–Crippen MR) is 292 cm³/mol. The Morgan fingerprint density at radius 1 is 0.855 bits per heavy atom. The van der Waals surface area contributed by atoms with Crippen molar-refractivity contribution in [1.29, 1.82) is 0 Å². The summed E-state index contributed by atoms with van der Waals surface area (Å²) in [5.41, 5.74) is 5.62. The number of nitrogens with zero attached hydrogens (tertiary/aromatic N) is 9. The molecule has 2 saturated heterocycles. The van der Waals surface area contributed by atoms with Gasteiger partial charge in [0.1, 0.15) is 17.9 Å². The largest absolute Gasteiger partial charge is 0.737 e. The minimum Gasteiger partial charge on any atom is -0.484 e. The molecule has 5 aliphatic heterocycles. The summed E-state index contributed by atoms with van der Waals surface area (Å²) < 4.78 is 40.6. The average Bonchev–Trinajstić information content (AvgIpc) is 4.26. The van der Waals surface area contributed by atoms with Gasteiger partial charge >= 0.3 is 6.97 Å². The number of amides is 4. The first-order valence-corrected chi connectivity index (χ1v) is 26.6. The van der Waals surface area contributed by atoms with Crippen molar-refractivity contribution in [2.24, 2.45) is 0 Å². The van der Waals surface area contributed by atoms with Crippen LogP contribution >= 0.6 is 11.3 Å². The van der Waals surface area contributed by atoms with Crippen molar-refractivity contribution >= 4 is 82.6 Å². The lowest BCUT2D eigenvalue weighted by Gasteiger charge is -2.38. The van der Waals surface area contributed by atoms with Crippen LogP contribution in [0.5, 0.6) is 5.75 Å². The highest BCUT2D eigenvalue weighted by Gasteiger charge is 2.53. The van der Waals surface area contributed by atoms with Crippen LogP contribution in [0.4, 0.5) is 37.5 Å². The molecule has 16 nitrogen and oxygen atoms in total. The fourth-order valence-corrected chi connectivity index (χ4v) is 11.5. The van der Waals surface area contributed by atoms with Crippen LogP contribution < -0.4 is 25.2 Å². The van der Waals surface area contributed by atoms with Gasteiger partial charge in [-0.1, -0.05) is 24.6 Å². The molecule has 0 bridgehead atoms. The van der Waals surface area contributed by atoms with E-state index < -0.39 is 6.97 Å². The molecule has 2 fully saturated rings. The molecule has 8 heterocycles. The Kier molecular flexibility index (Phi) is 14.0. The van der Waals surface area contributed by atoms with E-state index in [4.69, 9.17) is 9.72 Å². The third kappa shape index (κ3) is 9.97. The molecule has 4 amide bonds. The summed E-state index contributed by atoms with van der Waals surface area (Å²) >= 11 is 1.43. The fourth-order valence-electron chi connectivity index (χ4n) is 10.7. The lowest BCUT2D eigenvalue weighted by molar-refractivity contribution is -0.360. The Morgan fingerprint density at radius 3 is 2.42 bits per heavy atom. The van der Waals surface area contributed by atoms with E-state index in [9.17, 15) is 19.2 Å². The van der Waals surface area contributed by atoms with Gasteiger partial charge in [0.15, 0.2) is 36.4 Å². The van der Waals surface area contributed by atoms with E-state index in [1.165, 1.54) is 11.3 Å². The van der Waals surface area contributed by atoms with E-state index in [0.717, 1.165) is 64.0 Å². The molecule has 1 unspecified atom stereocenters. The lowest BCUT2D eigenvalue weighted by Crippen LogP contribution is -2.55. The number of benzene rings is 3. The van der Waals surface area contributed by atoms with Gasteiger partial charge < -0.3 is 47.7 Å².